The van der Waals surface area contributed by atoms with Crippen molar-refractivity contribution < 1.29 is 9.53 Å². The predicted molar refractivity (Wildman–Crippen MR) is 56.5 cm³/mol. The van der Waals surface area contributed by atoms with Gasteiger partial charge in [0, 0.05) is 11.4 Å². The van der Waals surface area contributed by atoms with E-state index in [0.29, 0.717) is 12.8 Å². The summed E-state index contributed by atoms with van der Waals surface area (Å²) in [6.07, 6.45) is 1.11. The molecule has 0 aliphatic heterocycles. The zero-order valence-corrected chi connectivity index (χ0v) is 9.10. The molecule has 0 saturated carbocycles. The first-order valence-corrected chi connectivity index (χ1v) is 4.83. The molecule has 14 heavy (non-hydrogen) atoms. The van der Waals surface area contributed by atoms with Crippen LogP contribution in [-0.2, 0) is 16.0 Å². The number of rotatable bonds is 3. The third kappa shape index (κ3) is 3.04. The summed E-state index contributed by atoms with van der Waals surface area (Å²) in [6, 6.07) is 5.77. The highest BCUT2D eigenvalue weighted by Gasteiger charge is 2.02. The average molecular weight is 213 g/mol. The van der Waals surface area contributed by atoms with Crippen molar-refractivity contribution in [2.75, 3.05) is 7.11 Å². The lowest BCUT2D eigenvalue weighted by molar-refractivity contribution is -0.140. The van der Waals surface area contributed by atoms with Crippen LogP contribution in [-0.4, -0.2) is 13.1 Å². The first kappa shape index (κ1) is 11.1. The molecule has 0 radical (unpaired) electrons. The summed E-state index contributed by atoms with van der Waals surface area (Å²) in [6.45, 7) is 1.95. The van der Waals surface area contributed by atoms with Crippen LogP contribution in [0.1, 0.15) is 17.5 Å². The Morgan fingerprint density at radius 3 is 2.79 bits per heavy atom. The third-order valence-corrected chi connectivity index (χ3v) is 2.49. The van der Waals surface area contributed by atoms with Gasteiger partial charge < -0.3 is 4.74 Å². The molecule has 0 spiro atoms. The second-order valence-electron chi connectivity index (χ2n) is 3.16. The maximum atomic E-state index is 10.9. The highest BCUT2D eigenvalue weighted by atomic mass is 35.5. The molecule has 0 bridgehead atoms. The molecule has 0 fully saturated rings. The Morgan fingerprint density at radius 1 is 1.50 bits per heavy atom. The molecule has 76 valence electrons. The summed E-state index contributed by atoms with van der Waals surface area (Å²) >= 11 is 5.88. The lowest BCUT2D eigenvalue weighted by Gasteiger charge is -2.03. The Morgan fingerprint density at radius 2 is 2.21 bits per heavy atom. The lowest BCUT2D eigenvalue weighted by atomic mass is 10.1. The van der Waals surface area contributed by atoms with Gasteiger partial charge >= 0.3 is 5.97 Å². The molecule has 0 aliphatic carbocycles. The SMILES string of the molecule is COC(=O)CCc1ccc(Cl)c(C)c1. The van der Waals surface area contributed by atoms with E-state index in [2.05, 4.69) is 4.74 Å². The highest BCUT2D eigenvalue weighted by molar-refractivity contribution is 6.31. The van der Waals surface area contributed by atoms with Crippen LogP contribution in [0.5, 0.6) is 0 Å². The van der Waals surface area contributed by atoms with Gasteiger partial charge in [-0.15, -0.1) is 0 Å². The van der Waals surface area contributed by atoms with Crippen molar-refractivity contribution in [3.05, 3.63) is 34.3 Å². The van der Waals surface area contributed by atoms with Gasteiger partial charge in [0.15, 0.2) is 0 Å². The minimum absolute atomic E-state index is 0.183. The van der Waals surface area contributed by atoms with E-state index in [1.165, 1.54) is 7.11 Å². The molecule has 0 unspecified atom stereocenters. The van der Waals surface area contributed by atoms with Gasteiger partial charge in [-0.1, -0.05) is 23.7 Å². The first-order valence-electron chi connectivity index (χ1n) is 4.45. The molecule has 0 aliphatic rings. The number of aryl methyl sites for hydroxylation is 2. The van der Waals surface area contributed by atoms with Crippen LogP contribution in [0.15, 0.2) is 18.2 Å². The van der Waals surface area contributed by atoms with Crippen molar-refractivity contribution in [1.82, 2.24) is 0 Å². The summed E-state index contributed by atoms with van der Waals surface area (Å²) in [7, 11) is 1.40. The Kier molecular flexibility index (Phi) is 3.96. The Hall–Kier alpha value is -1.02. The Labute approximate surface area is 88.8 Å². The smallest absolute Gasteiger partial charge is 0.305 e. The summed E-state index contributed by atoms with van der Waals surface area (Å²) in [5.41, 5.74) is 2.14. The number of carbonyl (C=O) groups is 1. The van der Waals surface area contributed by atoms with Crippen LogP contribution in [0.25, 0.3) is 0 Å². The molecule has 0 N–H and O–H groups in total. The normalized spacial score (nSPS) is 9.93. The van der Waals surface area contributed by atoms with E-state index in [4.69, 9.17) is 11.6 Å². The van der Waals surface area contributed by atoms with Crippen molar-refractivity contribution in [1.29, 1.82) is 0 Å². The van der Waals surface area contributed by atoms with Crippen molar-refractivity contribution >= 4 is 17.6 Å². The van der Waals surface area contributed by atoms with Gasteiger partial charge in [-0.05, 0) is 30.5 Å². The summed E-state index contributed by atoms with van der Waals surface area (Å²) < 4.78 is 4.56. The lowest BCUT2D eigenvalue weighted by Crippen LogP contribution is -2.01. The fourth-order valence-electron chi connectivity index (χ4n) is 1.21. The molecule has 0 amide bonds. The maximum Gasteiger partial charge on any atom is 0.305 e. The van der Waals surface area contributed by atoms with E-state index in [1.807, 2.05) is 25.1 Å². The molecule has 2 nitrogen and oxygen atoms in total. The van der Waals surface area contributed by atoms with E-state index in [1.54, 1.807) is 0 Å². The molecular formula is C11H13ClO2. The van der Waals surface area contributed by atoms with Gasteiger partial charge in [-0.2, -0.15) is 0 Å². The van der Waals surface area contributed by atoms with Gasteiger partial charge in [-0.3, -0.25) is 4.79 Å². The highest BCUT2D eigenvalue weighted by Crippen LogP contribution is 2.17. The van der Waals surface area contributed by atoms with E-state index in [-0.39, 0.29) is 5.97 Å². The molecule has 1 rings (SSSR count). The molecule has 0 aromatic heterocycles. The number of methoxy groups -OCH3 is 1. The van der Waals surface area contributed by atoms with Crippen LogP contribution in [0.2, 0.25) is 5.02 Å². The van der Waals surface area contributed by atoms with Gasteiger partial charge in [0.2, 0.25) is 0 Å². The molecule has 1 aromatic rings. The average Bonchev–Trinajstić information content (AvgIpc) is 2.19. The zero-order chi connectivity index (χ0) is 10.6. The number of benzene rings is 1. The fourth-order valence-corrected chi connectivity index (χ4v) is 1.33. The fraction of sp³-hybridized carbons (Fsp3) is 0.364. The van der Waals surface area contributed by atoms with Gasteiger partial charge in [-0.25, -0.2) is 0 Å². The van der Waals surface area contributed by atoms with Crippen LogP contribution in [0, 0.1) is 6.92 Å². The molecule has 3 heteroatoms. The molecule has 0 heterocycles. The first-order chi connectivity index (χ1) is 6.63. The van der Waals surface area contributed by atoms with Crippen LogP contribution >= 0.6 is 11.6 Å². The Balaban J connectivity index is 2.60. The van der Waals surface area contributed by atoms with Gasteiger partial charge in [0.25, 0.3) is 0 Å². The molecule has 0 atom stereocenters. The summed E-state index contributed by atoms with van der Waals surface area (Å²) in [5.74, 6) is -0.183. The molecule has 1 aromatic carbocycles. The largest absolute Gasteiger partial charge is 0.469 e. The zero-order valence-electron chi connectivity index (χ0n) is 8.34. The predicted octanol–water partition coefficient (Wildman–Crippen LogP) is 2.75. The summed E-state index contributed by atoms with van der Waals surface area (Å²) in [5, 5.41) is 0.756. The second-order valence-corrected chi connectivity index (χ2v) is 3.57. The minimum atomic E-state index is -0.183. The summed E-state index contributed by atoms with van der Waals surface area (Å²) in [4.78, 5) is 10.9. The third-order valence-electron chi connectivity index (χ3n) is 2.07. The van der Waals surface area contributed by atoms with Crippen molar-refractivity contribution in [3.8, 4) is 0 Å². The van der Waals surface area contributed by atoms with Crippen molar-refractivity contribution in [2.45, 2.75) is 19.8 Å². The van der Waals surface area contributed by atoms with E-state index >= 15 is 0 Å². The van der Waals surface area contributed by atoms with Gasteiger partial charge in [0.1, 0.15) is 0 Å². The van der Waals surface area contributed by atoms with Crippen LogP contribution < -0.4 is 0 Å². The van der Waals surface area contributed by atoms with Crippen LogP contribution in [0.3, 0.4) is 0 Å². The monoisotopic (exact) mass is 212 g/mol. The number of carbonyl (C=O) groups excluding carboxylic acids is 1. The van der Waals surface area contributed by atoms with E-state index in [9.17, 15) is 4.79 Å². The minimum Gasteiger partial charge on any atom is -0.469 e. The van der Waals surface area contributed by atoms with Crippen LogP contribution in [0.4, 0.5) is 0 Å². The number of halogens is 1. The second kappa shape index (κ2) is 5.01. The van der Waals surface area contributed by atoms with E-state index < -0.39 is 0 Å². The number of ether oxygens (including phenoxy) is 1. The van der Waals surface area contributed by atoms with E-state index in [0.717, 1.165) is 16.1 Å². The van der Waals surface area contributed by atoms with Gasteiger partial charge in [0.05, 0.1) is 7.11 Å². The standard InChI is InChI=1S/C11H13ClO2/c1-8-7-9(3-5-10(8)12)4-6-11(13)14-2/h3,5,7H,4,6H2,1-2H3. The maximum absolute atomic E-state index is 10.9. The topological polar surface area (TPSA) is 26.3 Å². The number of hydrogen-bond acceptors (Lipinski definition) is 2. The van der Waals surface area contributed by atoms with Crippen molar-refractivity contribution in [3.63, 3.8) is 0 Å². The molecular weight excluding hydrogens is 200 g/mol. The number of hydrogen-bond donors (Lipinski definition) is 0. The number of esters is 1. The Bertz CT molecular complexity index is 334. The quantitative estimate of drug-likeness (QED) is 0.721. The molecule has 0 saturated heterocycles. The van der Waals surface area contributed by atoms with Crippen molar-refractivity contribution in [2.24, 2.45) is 0 Å².